The molecule has 1 unspecified atom stereocenters. The van der Waals surface area contributed by atoms with E-state index in [1.54, 1.807) is 30.0 Å². The second kappa shape index (κ2) is 9.87. The molecule has 176 valence electrons. The van der Waals surface area contributed by atoms with Crippen LogP contribution in [0, 0.1) is 13.8 Å². The number of carbonyl (C=O) groups is 2. The minimum atomic E-state index is -1.05. The first kappa shape index (κ1) is 23.2. The SMILES string of the molecule is Cc1ncc(C(=O)N2CCOC3(CCCCc4ccccc4OCCN(C)C3=O)C2)c(C)n1. The Bertz CT molecular complexity index is 1030. The number of rotatable bonds is 1. The Kier molecular flexibility index (Phi) is 6.93. The van der Waals surface area contributed by atoms with Crippen molar-refractivity contribution in [3.8, 4) is 5.75 Å². The maximum absolute atomic E-state index is 13.6. The zero-order chi connectivity index (χ0) is 23.4. The van der Waals surface area contributed by atoms with E-state index < -0.39 is 5.60 Å². The van der Waals surface area contributed by atoms with E-state index in [2.05, 4.69) is 16.0 Å². The van der Waals surface area contributed by atoms with Crippen molar-refractivity contribution >= 4 is 11.8 Å². The Morgan fingerprint density at radius 1 is 1.12 bits per heavy atom. The monoisotopic (exact) mass is 452 g/mol. The highest BCUT2D eigenvalue weighted by Crippen LogP contribution is 2.30. The smallest absolute Gasteiger partial charge is 0.257 e. The molecule has 0 bridgehead atoms. The van der Waals surface area contributed by atoms with Crippen molar-refractivity contribution in [2.45, 2.75) is 45.1 Å². The molecule has 1 aromatic heterocycles. The molecule has 1 atom stereocenters. The molecule has 1 fully saturated rings. The Morgan fingerprint density at radius 3 is 2.76 bits per heavy atom. The molecule has 0 aliphatic carbocycles. The molecule has 2 amide bonds. The normalized spacial score (nSPS) is 22.2. The van der Waals surface area contributed by atoms with Crippen LogP contribution in [0.3, 0.4) is 0 Å². The Morgan fingerprint density at radius 2 is 1.94 bits per heavy atom. The number of likely N-dealkylation sites (N-methyl/N-ethyl adjacent to an activating group) is 1. The number of aromatic nitrogens is 2. The topological polar surface area (TPSA) is 84.9 Å². The number of hydrogen-bond acceptors (Lipinski definition) is 6. The number of carbonyl (C=O) groups excluding carboxylic acids is 2. The Balaban J connectivity index is 1.55. The predicted molar refractivity (Wildman–Crippen MR) is 123 cm³/mol. The lowest BCUT2D eigenvalue weighted by molar-refractivity contribution is -0.169. The molecule has 1 aromatic carbocycles. The first-order valence-electron chi connectivity index (χ1n) is 11.6. The van der Waals surface area contributed by atoms with Crippen molar-refractivity contribution in [2.75, 3.05) is 39.9 Å². The van der Waals surface area contributed by atoms with Crippen LogP contribution < -0.4 is 4.74 Å². The molecule has 2 aliphatic heterocycles. The van der Waals surface area contributed by atoms with Crippen LogP contribution in [0.2, 0.25) is 0 Å². The zero-order valence-corrected chi connectivity index (χ0v) is 19.7. The molecule has 8 heteroatoms. The van der Waals surface area contributed by atoms with Gasteiger partial charge in [-0.25, -0.2) is 9.97 Å². The molecule has 3 heterocycles. The third-order valence-corrected chi connectivity index (χ3v) is 6.47. The van der Waals surface area contributed by atoms with Gasteiger partial charge in [0.1, 0.15) is 18.2 Å². The van der Waals surface area contributed by atoms with Crippen LogP contribution in [-0.2, 0) is 16.0 Å². The summed E-state index contributed by atoms with van der Waals surface area (Å²) in [6.45, 7) is 5.42. The third kappa shape index (κ3) is 5.00. The second-order valence-electron chi connectivity index (χ2n) is 8.88. The molecular formula is C25H32N4O4. The number of aryl methyl sites for hydroxylation is 3. The summed E-state index contributed by atoms with van der Waals surface area (Å²) in [5, 5.41) is 0. The van der Waals surface area contributed by atoms with Crippen LogP contribution >= 0.6 is 0 Å². The molecule has 2 aliphatic rings. The highest BCUT2D eigenvalue weighted by atomic mass is 16.5. The van der Waals surface area contributed by atoms with Gasteiger partial charge in [0.2, 0.25) is 0 Å². The van der Waals surface area contributed by atoms with Crippen molar-refractivity contribution in [3.63, 3.8) is 0 Å². The number of hydrogen-bond donors (Lipinski definition) is 0. The van der Waals surface area contributed by atoms with Crippen LogP contribution in [0.4, 0.5) is 0 Å². The third-order valence-electron chi connectivity index (χ3n) is 6.47. The molecule has 8 nitrogen and oxygen atoms in total. The van der Waals surface area contributed by atoms with Crippen LogP contribution in [0.15, 0.2) is 30.5 Å². The number of morpholine rings is 1. The summed E-state index contributed by atoms with van der Waals surface area (Å²) in [5.74, 6) is 1.25. The highest BCUT2D eigenvalue weighted by Gasteiger charge is 2.46. The summed E-state index contributed by atoms with van der Waals surface area (Å²) >= 11 is 0. The number of fused-ring (bicyclic) bond motifs is 1. The van der Waals surface area contributed by atoms with Crippen LogP contribution in [0.1, 0.15) is 46.7 Å². The van der Waals surface area contributed by atoms with Crippen molar-refractivity contribution in [1.82, 2.24) is 19.8 Å². The van der Waals surface area contributed by atoms with E-state index in [1.165, 1.54) is 5.56 Å². The number of nitrogens with zero attached hydrogens (tertiary/aromatic N) is 4. The fraction of sp³-hybridized carbons (Fsp3) is 0.520. The van der Waals surface area contributed by atoms with E-state index in [0.29, 0.717) is 49.8 Å². The maximum Gasteiger partial charge on any atom is 0.257 e. The molecule has 2 aromatic rings. The first-order valence-corrected chi connectivity index (χ1v) is 11.6. The van der Waals surface area contributed by atoms with Crippen molar-refractivity contribution in [1.29, 1.82) is 0 Å². The van der Waals surface area contributed by atoms with E-state index in [1.807, 2.05) is 25.1 Å². The van der Waals surface area contributed by atoms with Crippen molar-refractivity contribution in [2.24, 2.45) is 0 Å². The molecule has 0 saturated carbocycles. The van der Waals surface area contributed by atoms with E-state index in [-0.39, 0.29) is 18.4 Å². The number of benzene rings is 1. The van der Waals surface area contributed by atoms with E-state index in [4.69, 9.17) is 9.47 Å². The van der Waals surface area contributed by atoms with E-state index in [9.17, 15) is 9.59 Å². The standard InChI is InChI=1S/C25H32N4O4/c1-18-21(16-26-19(2)27-18)23(30)29-13-15-33-25(17-29)11-7-6-9-20-8-4-5-10-22(20)32-14-12-28(3)24(25)31/h4-5,8,10,16H,6-7,9,11-15,17H2,1-3H3. The lowest BCUT2D eigenvalue weighted by Gasteiger charge is -2.43. The average Bonchev–Trinajstić information content (AvgIpc) is 2.81. The molecule has 0 radical (unpaired) electrons. The summed E-state index contributed by atoms with van der Waals surface area (Å²) in [6, 6.07) is 8.07. The number of amides is 2. The second-order valence-corrected chi connectivity index (χ2v) is 8.88. The lowest BCUT2D eigenvalue weighted by atomic mass is 9.91. The summed E-state index contributed by atoms with van der Waals surface area (Å²) in [6.07, 6.45) is 4.72. The van der Waals surface area contributed by atoms with Crippen LogP contribution in [0.25, 0.3) is 0 Å². The lowest BCUT2D eigenvalue weighted by Crippen LogP contribution is -2.61. The van der Waals surface area contributed by atoms with E-state index >= 15 is 0 Å². The van der Waals surface area contributed by atoms with Gasteiger partial charge in [0.05, 0.1) is 31.0 Å². The van der Waals surface area contributed by atoms with Crippen molar-refractivity contribution in [3.05, 3.63) is 53.1 Å². The van der Waals surface area contributed by atoms with Crippen LogP contribution in [0.5, 0.6) is 5.75 Å². The Hall–Kier alpha value is -3.00. The number of para-hydroxylation sites is 1. The van der Waals surface area contributed by atoms with Gasteiger partial charge in [0, 0.05) is 19.8 Å². The Labute approximate surface area is 194 Å². The van der Waals surface area contributed by atoms with Gasteiger partial charge in [-0.1, -0.05) is 18.2 Å². The highest BCUT2D eigenvalue weighted by molar-refractivity contribution is 5.96. The van der Waals surface area contributed by atoms with Gasteiger partial charge in [-0.15, -0.1) is 0 Å². The van der Waals surface area contributed by atoms with Crippen molar-refractivity contribution < 1.29 is 19.1 Å². The fourth-order valence-electron chi connectivity index (χ4n) is 4.63. The minimum absolute atomic E-state index is 0.102. The quantitative estimate of drug-likeness (QED) is 0.661. The van der Waals surface area contributed by atoms with Gasteiger partial charge in [-0.3, -0.25) is 9.59 Å². The average molecular weight is 453 g/mol. The van der Waals surface area contributed by atoms with E-state index in [0.717, 1.165) is 25.0 Å². The molecule has 1 saturated heterocycles. The summed E-state index contributed by atoms with van der Waals surface area (Å²) in [7, 11) is 1.77. The van der Waals surface area contributed by atoms with Gasteiger partial charge >= 0.3 is 0 Å². The molecular weight excluding hydrogens is 420 g/mol. The molecule has 0 N–H and O–H groups in total. The van der Waals surface area contributed by atoms with Gasteiger partial charge in [-0.05, 0) is 51.2 Å². The zero-order valence-electron chi connectivity index (χ0n) is 19.7. The summed E-state index contributed by atoms with van der Waals surface area (Å²) in [5.41, 5.74) is 1.24. The van der Waals surface area contributed by atoms with Gasteiger partial charge in [-0.2, -0.15) is 0 Å². The molecule has 33 heavy (non-hydrogen) atoms. The minimum Gasteiger partial charge on any atom is -0.491 e. The maximum atomic E-state index is 13.6. The predicted octanol–water partition coefficient (Wildman–Crippen LogP) is 2.57. The van der Waals surface area contributed by atoms with Gasteiger partial charge in [0.25, 0.3) is 11.8 Å². The first-order chi connectivity index (χ1) is 15.9. The number of ether oxygens (including phenoxy) is 2. The van der Waals surface area contributed by atoms with Gasteiger partial charge in [0.15, 0.2) is 5.60 Å². The van der Waals surface area contributed by atoms with Crippen LogP contribution in [-0.4, -0.2) is 77.1 Å². The largest absolute Gasteiger partial charge is 0.491 e. The fourth-order valence-corrected chi connectivity index (χ4v) is 4.63. The molecule has 4 rings (SSSR count). The van der Waals surface area contributed by atoms with Gasteiger partial charge < -0.3 is 19.3 Å². The summed E-state index contributed by atoms with van der Waals surface area (Å²) < 4.78 is 12.2. The molecule has 1 spiro atoms. The summed E-state index contributed by atoms with van der Waals surface area (Å²) in [4.78, 5) is 38.8.